The van der Waals surface area contributed by atoms with Gasteiger partial charge in [0.15, 0.2) is 0 Å². The fourth-order valence-corrected chi connectivity index (χ4v) is 1.96. The largest absolute Gasteiger partial charge is 0.398 e. The Morgan fingerprint density at radius 2 is 1.91 bits per heavy atom. The van der Waals surface area contributed by atoms with Crippen LogP contribution >= 0.6 is 38.5 Å². The maximum absolute atomic E-state index is 5.70. The quantitative estimate of drug-likeness (QED) is 0.681. The minimum absolute atomic E-state index is 0.798. The molecule has 58 valence electrons. The molecule has 0 atom stereocenters. The topological polar surface area (TPSA) is 26.0 Å². The third-order valence-electron chi connectivity index (χ3n) is 1.18. The highest BCUT2D eigenvalue weighted by atomic mass is 127. The van der Waals surface area contributed by atoms with Crippen LogP contribution in [0.3, 0.4) is 0 Å². The van der Waals surface area contributed by atoms with Crippen molar-refractivity contribution in [3.8, 4) is 0 Å². The van der Waals surface area contributed by atoms with Crippen molar-refractivity contribution in [3.05, 3.63) is 44.1 Å². The number of hydrogen-bond donors (Lipinski definition) is 1. The van der Waals surface area contributed by atoms with E-state index in [-0.39, 0.29) is 0 Å². The van der Waals surface area contributed by atoms with Crippen molar-refractivity contribution in [3.63, 3.8) is 0 Å². The molecule has 0 saturated heterocycles. The van der Waals surface area contributed by atoms with E-state index in [4.69, 9.17) is 5.73 Å². The summed E-state index contributed by atoms with van der Waals surface area (Å²) in [7, 11) is 0. The average molecular weight is 324 g/mol. The first-order valence-corrected chi connectivity index (χ1v) is 4.94. The van der Waals surface area contributed by atoms with Crippen molar-refractivity contribution >= 4 is 38.5 Å². The smallest absolute Gasteiger partial charge is 0.0450 e. The highest BCUT2D eigenvalue weighted by Crippen LogP contribution is 2.20. The molecule has 0 aliphatic heterocycles. The van der Waals surface area contributed by atoms with Crippen LogP contribution in [0, 0.1) is 0 Å². The summed E-state index contributed by atoms with van der Waals surface area (Å²) in [6, 6.07) is 0. The highest BCUT2D eigenvalue weighted by molar-refractivity contribution is 14.1. The van der Waals surface area contributed by atoms with Gasteiger partial charge in [-0.25, -0.2) is 0 Å². The van der Waals surface area contributed by atoms with Crippen LogP contribution in [0.2, 0.25) is 0 Å². The Bertz CT molecular complexity index is 274. The van der Waals surface area contributed by atoms with Gasteiger partial charge in [0, 0.05) is 13.8 Å². The molecule has 2 N–H and O–H groups in total. The summed E-state index contributed by atoms with van der Waals surface area (Å²) in [6.07, 6.45) is 9.70. The van der Waals surface area contributed by atoms with Gasteiger partial charge in [-0.05, 0) is 40.8 Å². The van der Waals surface area contributed by atoms with E-state index in [0.717, 1.165) is 13.8 Å². The van der Waals surface area contributed by atoms with Gasteiger partial charge in [0.1, 0.15) is 0 Å². The summed E-state index contributed by atoms with van der Waals surface area (Å²) in [5.74, 6) is 0. The molecule has 0 unspecified atom stereocenters. The summed E-state index contributed by atoms with van der Waals surface area (Å²) in [4.78, 5) is 0. The minimum atomic E-state index is 0.798. The summed E-state index contributed by atoms with van der Waals surface area (Å²) < 4.78 is 2.09. The summed E-state index contributed by atoms with van der Waals surface area (Å²) in [5, 5.41) is 0. The van der Waals surface area contributed by atoms with E-state index in [1.54, 1.807) is 0 Å². The monoisotopic (exact) mass is 323 g/mol. The molecular formula is C8H7BrIN. The first kappa shape index (κ1) is 9.06. The van der Waals surface area contributed by atoms with E-state index >= 15 is 0 Å². The molecule has 0 saturated carbocycles. The zero-order valence-corrected chi connectivity index (χ0v) is 9.46. The molecule has 1 rings (SSSR count). The first-order valence-electron chi connectivity index (χ1n) is 3.07. The lowest BCUT2D eigenvalue weighted by Crippen LogP contribution is -1.96. The Hall–Kier alpha value is -0.0300. The second-order valence-corrected chi connectivity index (χ2v) is 4.13. The van der Waals surface area contributed by atoms with Crippen LogP contribution in [0.15, 0.2) is 44.1 Å². The number of nitrogens with two attached hydrogens (primary N) is 1. The average Bonchev–Trinajstić information content (AvgIpc) is 1.95. The standard InChI is InChI=1S/C8H7BrIN/c9-6-3-1-2-4-8(11)7(10)5-6/h1-5H,11H2/b2-1+,3-1?,4-2?,6-3+,6-5?,7-5?,8-4?,8-7?. The van der Waals surface area contributed by atoms with Gasteiger partial charge in [0.25, 0.3) is 0 Å². The van der Waals surface area contributed by atoms with Gasteiger partial charge < -0.3 is 5.73 Å². The predicted octanol–water partition coefficient (Wildman–Crippen LogP) is 3.00. The molecule has 11 heavy (non-hydrogen) atoms. The van der Waals surface area contributed by atoms with E-state index in [9.17, 15) is 0 Å². The van der Waals surface area contributed by atoms with Crippen LogP contribution in [-0.2, 0) is 0 Å². The van der Waals surface area contributed by atoms with Crippen LogP contribution < -0.4 is 5.73 Å². The lowest BCUT2D eigenvalue weighted by Gasteiger charge is -1.99. The lowest BCUT2D eigenvalue weighted by atomic mass is 10.3. The summed E-state index contributed by atoms with van der Waals surface area (Å²) in [6.45, 7) is 0. The molecule has 0 radical (unpaired) electrons. The van der Waals surface area contributed by atoms with E-state index in [2.05, 4.69) is 38.5 Å². The van der Waals surface area contributed by atoms with E-state index in [1.165, 1.54) is 0 Å². The number of allylic oxidation sites excluding steroid dienone is 7. The lowest BCUT2D eigenvalue weighted by molar-refractivity contribution is 1.41. The van der Waals surface area contributed by atoms with Gasteiger partial charge in [0.05, 0.1) is 0 Å². The van der Waals surface area contributed by atoms with Crippen LogP contribution in [0.5, 0.6) is 0 Å². The van der Waals surface area contributed by atoms with Gasteiger partial charge in [0.2, 0.25) is 0 Å². The number of halogens is 2. The van der Waals surface area contributed by atoms with Gasteiger partial charge in [-0.15, -0.1) is 0 Å². The van der Waals surface area contributed by atoms with Gasteiger partial charge in [-0.2, -0.15) is 0 Å². The maximum atomic E-state index is 5.70. The molecular weight excluding hydrogens is 317 g/mol. The Labute approximate surface area is 88.0 Å². The van der Waals surface area contributed by atoms with E-state index in [0.29, 0.717) is 0 Å². The first-order chi connectivity index (χ1) is 5.20. The van der Waals surface area contributed by atoms with Crippen molar-refractivity contribution in [2.24, 2.45) is 5.73 Å². The van der Waals surface area contributed by atoms with Crippen LogP contribution in [0.1, 0.15) is 0 Å². The Kier molecular flexibility index (Phi) is 3.39. The molecule has 1 aliphatic carbocycles. The fraction of sp³-hybridized carbons (Fsp3) is 0. The van der Waals surface area contributed by atoms with Crippen LogP contribution in [0.25, 0.3) is 0 Å². The molecule has 3 heteroatoms. The zero-order chi connectivity index (χ0) is 8.27. The molecule has 0 aromatic carbocycles. The number of rotatable bonds is 0. The fourth-order valence-electron chi connectivity index (χ4n) is 0.639. The molecule has 0 aromatic rings. The third-order valence-corrected chi connectivity index (χ3v) is 2.61. The highest BCUT2D eigenvalue weighted by Gasteiger charge is 1.96. The number of hydrogen-bond acceptors (Lipinski definition) is 1. The zero-order valence-electron chi connectivity index (χ0n) is 5.72. The minimum Gasteiger partial charge on any atom is -0.398 e. The molecule has 0 fully saturated rings. The second kappa shape index (κ2) is 4.11. The van der Waals surface area contributed by atoms with Gasteiger partial charge in [-0.3, -0.25) is 0 Å². The van der Waals surface area contributed by atoms with Gasteiger partial charge in [-0.1, -0.05) is 28.1 Å². The second-order valence-electron chi connectivity index (χ2n) is 2.05. The van der Waals surface area contributed by atoms with Gasteiger partial charge >= 0.3 is 0 Å². The molecule has 1 aliphatic rings. The van der Waals surface area contributed by atoms with Crippen LogP contribution in [0.4, 0.5) is 0 Å². The van der Waals surface area contributed by atoms with Crippen molar-refractivity contribution in [2.45, 2.75) is 0 Å². The Morgan fingerprint density at radius 3 is 2.64 bits per heavy atom. The van der Waals surface area contributed by atoms with Crippen molar-refractivity contribution in [1.82, 2.24) is 0 Å². The Morgan fingerprint density at radius 1 is 1.27 bits per heavy atom. The normalized spacial score (nSPS) is 25.5. The summed E-state index contributed by atoms with van der Waals surface area (Å²) >= 11 is 5.59. The molecule has 0 heterocycles. The van der Waals surface area contributed by atoms with Crippen LogP contribution in [-0.4, -0.2) is 0 Å². The molecule has 0 amide bonds. The molecule has 0 aromatic heterocycles. The summed E-state index contributed by atoms with van der Waals surface area (Å²) in [5.41, 5.74) is 6.49. The third kappa shape index (κ3) is 2.83. The Balaban J connectivity index is 3.00. The van der Waals surface area contributed by atoms with E-state index in [1.807, 2.05) is 30.4 Å². The van der Waals surface area contributed by atoms with Crippen molar-refractivity contribution < 1.29 is 0 Å². The van der Waals surface area contributed by atoms with Crippen molar-refractivity contribution in [2.75, 3.05) is 0 Å². The molecule has 0 bridgehead atoms. The van der Waals surface area contributed by atoms with E-state index < -0.39 is 0 Å². The van der Waals surface area contributed by atoms with Crippen molar-refractivity contribution in [1.29, 1.82) is 0 Å². The SMILES string of the molecule is NC1=C/C=C/C=C(/Br)C=C1I. The predicted molar refractivity (Wildman–Crippen MR) is 60.5 cm³/mol. The molecule has 0 spiro atoms. The maximum Gasteiger partial charge on any atom is 0.0450 e. The molecule has 1 nitrogen and oxygen atoms in total.